The molecule has 104 valence electrons. The lowest BCUT2D eigenvalue weighted by Crippen LogP contribution is -2.29. The number of anilines is 1. The number of rotatable bonds is 4. The summed E-state index contributed by atoms with van der Waals surface area (Å²) < 4.78 is 6.82. The summed E-state index contributed by atoms with van der Waals surface area (Å²) in [5.41, 5.74) is -0.797. The molecule has 1 fully saturated rings. The molecule has 0 aromatic carbocycles. The minimum Gasteiger partial charge on any atom is -0.393 e. The number of ether oxygens (including phenoxy) is 1. The smallest absolute Gasteiger partial charge is 0.351 e. The maximum Gasteiger partial charge on any atom is 0.351 e. The summed E-state index contributed by atoms with van der Waals surface area (Å²) in [6, 6.07) is 1.55. The summed E-state index contributed by atoms with van der Waals surface area (Å²) in [4.78, 5) is 26.8. The minimum atomic E-state index is -0.488. The van der Waals surface area contributed by atoms with Crippen LogP contribution in [0.2, 0.25) is 0 Å². The molecule has 19 heavy (non-hydrogen) atoms. The molecule has 1 aliphatic rings. The lowest BCUT2D eigenvalue weighted by molar-refractivity contribution is -0.115. The number of hydrogen-bond donors (Lipinski definition) is 2. The lowest BCUT2D eigenvalue weighted by Gasteiger charge is -2.13. The molecule has 2 N–H and O–H groups in total. The molecule has 0 spiro atoms. The van der Waals surface area contributed by atoms with E-state index in [-0.39, 0.29) is 23.8 Å². The van der Waals surface area contributed by atoms with Crippen molar-refractivity contribution in [1.82, 2.24) is 9.55 Å². The Morgan fingerprint density at radius 3 is 3.11 bits per heavy atom. The fraction of sp³-hybridized carbons (Fsp3) is 0.545. The maximum absolute atomic E-state index is 11.8. The van der Waals surface area contributed by atoms with Crippen LogP contribution in [0.4, 0.5) is 5.82 Å². The van der Waals surface area contributed by atoms with Gasteiger partial charge in [-0.2, -0.15) is 4.98 Å². The first-order chi connectivity index (χ1) is 9.13. The Morgan fingerprint density at radius 2 is 2.53 bits per heavy atom. The molecule has 0 bridgehead atoms. The second-order valence-electron chi connectivity index (χ2n) is 3.94. The van der Waals surface area contributed by atoms with E-state index in [1.54, 1.807) is 13.0 Å². The average molecular weight is 285 g/mol. The number of nitrogens with one attached hydrogen (secondary N) is 1. The van der Waals surface area contributed by atoms with Gasteiger partial charge in [0, 0.05) is 18.4 Å². The summed E-state index contributed by atoms with van der Waals surface area (Å²) in [6.07, 6.45) is 1.43. The molecule has 2 heterocycles. The van der Waals surface area contributed by atoms with Crippen molar-refractivity contribution in [2.24, 2.45) is 0 Å². The zero-order valence-corrected chi connectivity index (χ0v) is 11.2. The van der Waals surface area contributed by atoms with Gasteiger partial charge in [-0.25, -0.2) is 4.79 Å². The third-order valence-electron chi connectivity index (χ3n) is 2.61. The predicted molar refractivity (Wildman–Crippen MR) is 70.9 cm³/mol. The van der Waals surface area contributed by atoms with Crippen molar-refractivity contribution in [3.05, 3.63) is 22.7 Å². The number of thioether (sulfide) groups is 1. The van der Waals surface area contributed by atoms with Crippen LogP contribution in [-0.4, -0.2) is 38.4 Å². The van der Waals surface area contributed by atoms with Crippen molar-refractivity contribution >= 4 is 23.5 Å². The zero-order chi connectivity index (χ0) is 13.8. The van der Waals surface area contributed by atoms with Crippen LogP contribution < -0.4 is 11.0 Å². The third-order valence-corrected chi connectivity index (χ3v) is 3.72. The molecule has 1 saturated heterocycles. The van der Waals surface area contributed by atoms with Gasteiger partial charge in [-0.15, -0.1) is 11.8 Å². The standard InChI is InChI=1S/C11H15N3O4S/c1-2-8(16)12-7-3-4-14(11(17)13-7)9-6-19-10(5-15)18-9/h3-4,9-10,15H,2,5-6H2,1H3,(H,12,13,16,17)/t9?,10-/m0/s1. The zero-order valence-electron chi connectivity index (χ0n) is 10.4. The number of aliphatic hydroxyl groups excluding tert-OH is 1. The van der Waals surface area contributed by atoms with E-state index in [0.717, 1.165) is 0 Å². The van der Waals surface area contributed by atoms with Crippen LogP contribution in [0.3, 0.4) is 0 Å². The second-order valence-corrected chi connectivity index (χ2v) is 5.13. The van der Waals surface area contributed by atoms with E-state index < -0.39 is 11.9 Å². The molecule has 1 aromatic heterocycles. The summed E-state index contributed by atoms with van der Waals surface area (Å²) in [7, 11) is 0. The fourth-order valence-electron chi connectivity index (χ4n) is 1.62. The second kappa shape index (κ2) is 6.18. The van der Waals surface area contributed by atoms with E-state index in [4.69, 9.17) is 9.84 Å². The van der Waals surface area contributed by atoms with Crippen LogP contribution in [0.1, 0.15) is 19.6 Å². The van der Waals surface area contributed by atoms with Crippen LogP contribution in [-0.2, 0) is 9.53 Å². The molecule has 8 heteroatoms. The van der Waals surface area contributed by atoms with Gasteiger partial charge in [0.05, 0.1) is 6.61 Å². The average Bonchev–Trinajstić information content (AvgIpc) is 2.87. The molecular weight excluding hydrogens is 270 g/mol. The van der Waals surface area contributed by atoms with E-state index >= 15 is 0 Å². The van der Waals surface area contributed by atoms with Crippen molar-refractivity contribution in [2.75, 3.05) is 17.7 Å². The van der Waals surface area contributed by atoms with Gasteiger partial charge in [-0.05, 0) is 6.07 Å². The highest BCUT2D eigenvalue weighted by Crippen LogP contribution is 2.30. The summed E-state index contributed by atoms with van der Waals surface area (Å²) in [6.45, 7) is 1.63. The molecule has 1 unspecified atom stereocenters. The number of carbonyl (C=O) groups excluding carboxylic acids is 1. The molecular formula is C11H15N3O4S. The third kappa shape index (κ3) is 3.34. The Kier molecular flexibility index (Phi) is 4.56. The Balaban J connectivity index is 2.12. The van der Waals surface area contributed by atoms with Crippen LogP contribution in [0.5, 0.6) is 0 Å². The van der Waals surface area contributed by atoms with Crippen LogP contribution >= 0.6 is 11.8 Å². The van der Waals surface area contributed by atoms with Gasteiger partial charge in [-0.1, -0.05) is 6.92 Å². The van der Waals surface area contributed by atoms with Crippen LogP contribution in [0.25, 0.3) is 0 Å². The van der Waals surface area contributed by atoms with E-state index in [9.17, 15) is 9.59 Å². The molecule has 0 radical (unpaired) electrons. The van der Waals surface area contributed by atoms with Gasteiger partial charge in [-0.3, -0.25) is 9.36 Å². The molecule has 1 aromatic rings. The summed E-state index contributed by atoms with van der Waals surface area (Å²) in [5.74, 6) is 0.614. The lowest BCUT2D eigenvalue weighted by atomic mass is 10.4. The first-order valence-electron chi connectivity index (χ1n) is 5.91. The van der Waals surface area contributed by atoms with E-state index in [1.807, 2.05) is 0 Å². The highest BCUT2D eigenvalue weighted by molar-refractivity contribution is 8.00. The molecule has 0 saturated carbocycles. The van der Waals surface area contributed by atoms with Gasteiger partial charge >= 0.3 is 5.69 Å². The number of carbonyl (C=O) groups is 1. The van der Waals surface area contributed by atoms with Crippen molar-refractivity contribution in [2.45, 2.75) is 25.0 Å². The van der Waals surface area contributed by atoms with E-state index in [1.165, 1.54) is 22.5 Å². The Labute approximate surface area is 114 Å². The maximum atomic E-state index is 11.8. The number of nitrogens with zero attached hydrogens (tertiary/aromatic N) is 2. The largest absolute Gasteiger partial charge is 0.393 e. The summed E-state index contributed by atoms with van der Waals surface area (Å²) in [5, 5.41) is 11.5. The Morgan fingerprint density at radius 1 is 1.74 bits per heavy atom. The monoisotopic (exact) mass is 285 g/mol. The molecule has 1 aliphatic heterocycles. The molecule has 1 amide bonds. The normalized spacial score (nSPS) is 22.4. The van der Waals surface area contributed by atoms with Crippen LogP contribution in [0, 0.1) is 0 Å². The summed E-state index contributed by atoms with van der Waals surface area (Å²) >= 11 is 1.44. The first kappa shape index (κ1) is 14.0. The van der Waals surface area contributed by atoms with E-state index in [2.05, 4.69) is 10.3 Å². The molecule has 2 rings (SSSR count). The van der Waals surface area contributed by atoms with Gasteiger partial charge < -0.3 is 15.2 Å². The van der Waals surface area contributed by atoms with Crippen molar-refractivity contribution in [3.63, 3.8) is 0 Å². The van der Waals surface area contributed by atoms with Gasteiger partial charge in [0.25, 0.3) is 0 Å². The van der Waals surface area contributed by atoms with Crippen molar-refractivity contribution < 1.29 is 14.6 Å². The van der Waals surface area contributed by atoms with Crippen LogP contribution in [0.15, 0.2) is 17.1 Å². The molecule has 0 aliphatic carbocycles. The van der Waals surface area contributed by atoms with E-state index in [0.29, 0.717) is 12.2 Å². The SMILES string of the molecule is CCC(=O)Nc1ccn(C2CS[C@@H](CO)O2)c(=O)n1. The topological polar surface area (TPSA) is 93.5 Å². The number of hydrogen-bond acceptors (Lipinski definition) is 6. The quantitative estimate of drug-likeness (QED) is 0.819. The molecule has 2 atom stereocenters. The first-order valence-corrected chi connectivity index (χ1v) is 6.96. The van der Waals surface area contributed by atoms with Gasteiger partial charge in [0.2, 0.25) is 5.91 Å². The Bertz CT molecular complexity index is 519. The predicted octanol–water partition coefficient (Wildman–Crippen LogP) is 0.172. The number of amides is 1. The molecule has 7 nitrogen and oxygen atoms in total. The fourth-order valence-corrected chi connectivity index (χ4v) is 2.55. The van der Waals surface area contributed by atoms with Gasteiger partial charge in [0.1, 0.15) is 17.5 Å². The number of aliphatic hydroxyl groups is 1. The highest BCUT2D eigenvalue weighted by atomic mass is 32.2. The minimum absolute atomic E-state index is 0.0893. The Hall–Kier alpha value is -1.38. The van der Waals surface area contributed by atoms with Gasteiger partial charge in [0.15, 0.2) is 0 Å². The number of aromatic nitrogens is 2. The van der Waals surface area contributed by atoms with Crippen molar-refractivity contribution in [3.8, 4) is 0 Å². The highest BCUT2D eigenvalue weighted by Gasteiger charge is 2.27. The van der Waals surface area contributed by atoms with Crippen molar-refractivity contribution in [1.29, 1.82) is 0 Å².